The van der Waals surface area contributed by atoms with Crippen LogP contribution in [0.2, 0.25) is 0 Å². The maximum atomic E-state index is 11.0. The summed E-state index contributed by atoms with van der Waals surface area (Å²) in [5, 5.41) is 11.9. The summed E-state index contributed by atoms with van der Waals surface area (Å²) in [4.78, 5) is 13.3. The number of aliphatic carboxylic acids is 1. The first-order chi connectivity index (χ1) is 7.69. The smallest absolute Gasteiger partial charge is 0.322 e. The van der Waals surface area contributed by atoms with Gasteiger partial charge in [-0.25, -0.2) is 0 Å². The Balaban J connectivity index is 2.48. The highest BCUT2D eigenvalue weighted by atomic mass is 16.4. The molecule has 1 unspecified atom stereocenters. The third kappa shape index (κ3) is 3.76. The zero-order valence-electron chi connectivity index (χ0n) is 10.4. The molecule has 1 rings (SSSR count). The van der Waals surface area contributed by atoms with Gasteiger partial charge in [-0.2, -0.15) is 0 Å². The number of carbonyl (C=O) groups is 1. The van der Waals surface area contributed by atoms with Crippen LogP contribution in [0.1, 0.15) is 39.0 Å². The van der Waals surface area contributed by atoms with E-state index in [1.54, 1.807) is 7.05 Å². The average Bonchev–Trinajstić information content (AvgIpc) is 2.31. The third-order valence-electron chi connectivity index (χ3n) is 3.56. The molecular formula is C12H24N2O2. The van der Waals surface area contributed by atoms with Crippen LogP contribution in [0, 0.1) is 0 Å². The normalized spacial score (nSPS) is 19.9. The molecule has 0 aromatic carbocycles. The number of likely N-dealkylation sites (N-methyl/N-ethyl adjacent to an activating group) is 2. The highest BCUT2D eigenvalue weighted by molar-refractivity contribution is 5.73. The Morgan fingerprint density at radius 3 is 2.50 bits per heavy atom. The summed E-state index contributed by atoms with van der Waals surface area (Å²) in [6, 6.07) is 0.149. The molecule has 0 bridgehead atoms. The van der Waals surface area contributed by atoms with E-state index < -0.39 is 12.0 Å². The van der Waals surface area contributed by atoms with Crippen LogP contribution in [0.4, 0.5) is 0 Å². The standard InChI is InChI=1S/C12H24N2O2/c1-3-14(9-11(13-2)12(15)16)10-7-5-4-6-8-10/h10-11,13H,3-9H2,1-2H3,(H,15,16). The van der Waals surface area contributed by atoms with Gasteiger partial charge in [0.05, 0.1) is 0 Å². The van der Waals surface area contributed by atoms with Crippen LogP contribution in [-0.4, -0.2) is 48.2 Å². The molecule has 0 saturated heterocycles. The van der Waals surface area contributed by atoms with E-state index in [-0.39, 0.29) is 0 Å². The maximum Gasteiger partial charge on any atom is 0.322 e. The van der Waals surface area contributed by atoms with Gasteiger partial charge in [-0.15, -0.1) is 0 Å². The number of hydrogen-bond acceptors (Lipinski definition) is 3. The number of nitrogens with one attached hydrogen (secondary N) is 1. The molecule has 1 aliphatic rings. The van der Waals surface area contributed by atoms with Crippen LogP contribution in [-0.2, 0) is 4.79 Å². The van der Waals surface area contributed by atoms with E-state index in [4.69, 9.17) is 5.11 Å². The van der Waals surface area contributed by atoms with Crippen LogP contribution in [0.25, 0.3) is 0 Å². The molecule has 16 heavy (non-hydrogen) atoms. The Kier molecular flexibility index (Phi) is 5.77. The Morgan fingerprint density at radius 2 is 2.06 bits per heavy atom. The lowest BCUT2D eigenvalue weighted by molar-refractivity contribution is -0.140. The van der Waals surface area contributed by atoms with Crippen molar-refractivity contribution >= 4 is 5.97 Å². The van der Waals surface area contributed by atoms with Gasteiger partial charge in [0.1, 0.15) is 6.04 Å². The minimum atomic E-state index is -0.753. The van der Waals surface area contributed by atoms with Crippen molar-refractivity contribution in [1.29, 1.82) is 0 Å². The van der Waals surface area contributed by atoms with E-state index in [1.807, 2.05) is 0 Å². The molecule has 2 N–H and O–H groups in total. The monoisotopic (exact) mass is 228 g/mol. The second-order valence-corrected chi connectivity index (χ2v) is 4.56. The molecule has 0 aromatic rings. The van der Waals surface area contributed by atoms with Crippen LogP contribution < -0.4 is 5.32 Å². The van der Waals surface area contributed by atoms with E-state index in [9.17, 15) is 4.79 Å². The van der Waals surface area contributed by atoms with E-state index >= 15 is 0 Å². The van der Waals surface area contributed by atoms with Gasteiger partial charge in [0, 0.05) is 12.6 Å². The summed E-state index contributed by atoms with van der Waals surface area (Å²) in [5.41, 5.74) is 0. The predicted molar refractivity (Wildman–Crippen MR) is 64.6 cm³/mol. The molecule has 1 aliphatic carbocycles. The predicted octanol–water partition coefficient (Wildman–Crippen LogP) is 1.31. The number of nitrogens with zero attached hydrogens (tertiary/aromatic N) is 1. The summed E-state index contributed by atoms with van der Waals surface area (Å²) in [6.07, 6.45) is 6.37. The molecular weight excluding hydrogens is 204 g/mol. The molecule has 0 spiro atoms. The van der Waals surface area contributed by atoms with E-state index in [0.717, 1.165) is 6.54 Å². The fraction of sp³-hybridized carbons (Fsp3) is 0.917. The fourth-order valence-electron chi connectivity index (χ4n) is 2.51. The first kappa shape index (κ1) is 13.5. The Morgan fingerprint density at radius 1 is 1.44 bits per heavy atom. The van der Waals surface area contributed by atoms with Gasteiger partial charge in [0.15, 0.2) is 0 Å². The lowest BCUT2D eigenvalue weighted by Crippen LogP contribution is -2.48. The fourth-order valence-corrected chi connectivity index (χ4v) is 2.51. The second-order valence-electron chi connectivity index (χ2n) is 4.56. The van der Waals surface area contributed by atoms with Crippen LogP contribution >= 0.6 is 0 Å². The molecule has 0 heterocycles. The molecule has 0 radical (unpaired) electrons. The van der Waals surface area contributed by atoms with Crippen LogP contribution in [0.15, 0.2) is 0 Å². The summed E-state index contributed by atoms with van der Waals surface area (Å²) in [6.45, 7) is 3.67. The molecule has 0 aliphatic heterocycles. The molecule has 4 heteroatoms. The topological polar surface area (TPSA) is 52.6 Å². The highest BCUT2D eigenvalue weighted by Crippen LogP contribution is 2.22. The minimum absolute atomic E-state index is 0.443. The minimum Gasteiger partial charge on any atom is -0.480 e. The van der Waals surface area contributed by atoms with Gasteiger partial charge in [-0.3, -0.25) is 9.69 Å². The lowest BCUT2D eigenvalue weighted by Gasteiger charge is -2.34. The van der Waals surface area contributed by atoms with Gasteiger partial charge < -0.3 is 10.4 Å². The maximum absolute atomic E-state index is 11.0. The zero-order valence-corrected chi connectivity index (χ0v) is 10.4. The Labute approximate surface area is 98.0 Å². The SMILES string of the molecule is CCN(CC(NC)C(=O)O)C1CCCCC1. The number of carboxylic acids is 1. The lowest BCUT2D eigenvalue weighted by atomic mass is 9.94. The van der Waals surface area contributed by atoms with Crippen molar-refractivity contribution in [3.05, 3.63) is 0 Å². The average molecular weight is 228 g/mol. The quantitative estimate of drug-likeness (QED) is 0.720. The van der Waals surface area contributed by atoms with Crippen molar-refractivity contribution in [2.45, 2.75) is 51.1 Å². The number of carboxylic acid groups (broad SMARTS) is 1. The Bertz CT molecular complexity index is 215. The first-order valence-corrected chi connectivity index (χ1v) is 6.33. The summed E-state index contributed by atoms with van der Waals surface area (Å²) >= 11 is 0. The van der Waals surface area contributed by atoms with Crippen molar-refractivity contribution in [2.24, 2.45) is 0 Å². The third-order valence-corrected chi connectivity index (χ3v) is 3.56. The van der Waals surface area contributed by atoms with Crippen molar-refractivity contribution in [3.63, 3.8) is 0 Å². The highest BCUT2D eigenvalue weighted by Gasteiger charge is 2.24. The van der Waals surface area contributed by atoms with Gasteiger partial charge >= 0.3 is 5.97 Å². The summed E-state index contributed by atoms with van der Waals surface area (Å²) in [7, 11) is 1.72. The Hall–Kier alpha value is -0.610. The summed E-state index contributed by atoms with van der Waals surface area (Å²) in [5.74, 6) is -0.753. The molecule has 0 amide bonds. The molecule has 1 saturated carbocycles. The van der Waals surface area contributed by atoms with E-state index in [2.05, 4.69) is 17.1 Å². The number of hydrogen-bond donors (Lipinski definition) is 2. The largest absolute Gasteiger partial charge is 0.480 e. The van der Waals surface area contributed by atoms with Gasteiger partial charge in [-0.05, 0) is 26.4 Å². The van der Waals surface area contributed by atoms with Gasteiger partial charge in [0.25, 0.3) is 0 Å². The molecule has 94 valence electrons. The van der Waals surface area contributed by atoms with Crippen molar-refractivity contribution < 1.29 is 9.90 Å². The van der Waals surface area contributed by atoms with Gasteiger partial charge in [-0.1, -0.05) is 26.2 Å². The molecule has 1 atom stereocenters. The summed E-state index contributed by atoms with van der Waals surface area (Å²) < 4.78 is 0. The molecule has 1 fully saturated rings. The van der Waals surface area contributed by atoms with Crippen LogP contribution in [0.5, 0.6) is 0 Å². The second kappa shape index (κ2) is 6.86. The van der Waals surface area contributed by atoms with E-state index in [0.29, 0.717) is 12.6 Å². The molecule has 4 nitrogen and oxygen atoms in total. The van der Waals surface area contributed by atoms with Crippen molar-refractivity contribution in [2.75, 3.05) is 20.1 Å². The number of rotatable bonds is 6. The van der Waals surface area contributed by atoms with Crippen molar-refractivity contribution in [1.82, 2.24) is 10.2 Å². The van der Waals surface area contributed by atoms with Crippen molar-refractivity contribution in [3.8, 4) is 0 Å². The zero-order chi connectivity index (χ0) is 12.0. The van der Waals surface area contributed by atoms with Gasteiger partial charge in [0.2, 0.25) is 0 Å². The van der Waals surface area contributed by atoms with Crippen LogP contribution in [0.3, 0.4) is 0 Å². The first-order valence-electron chi connectivity index (χ1n) is 6.33. The molecule has 0 aromatic heterocycles. The van der Waals surface area contributed by atoms with E-state index in [1.165, 1.54) is 32.1 Å².